The summed E-state index contributed by atoms with van der Waals surface area (Å²) in [5, 5.41) is 2.15. The van der Waals surface area contributed by atoms with Crippen LogP contribution in [0.4, 0.5) is 0 Å². The van der Waals surface area contributed by atoms with E-state index in [9.17, 15) is 4.79 Å². The summed E-state index contributed by atoms with van der Waals surface area (Å²) in [7, 11) is 0. The van der Waals surface area contributed by atoms with Gasteiger partial charge in [-0.15, -0.1) is 11.3 Å². The molecule has 1 aromatic carbocycles. The Labute approximate surface area is 160 Å². The van der Waals surface area contributed by atoms with Crippen LogP contribution in [0, 0.1) is 12.8 Å². The number of aromatic amines is 1. The minimum absolute atomic E-state index is 0.0266. The average Bonchev–Trinajstić information content (AvgIpc) is 2.89. The van der Waals surface area contributed by atoms with Gasteiger partial charge in [-0.2, -0.15) is 0 Å². The summed E-state index contributed by atoms with van der Waals surface area (Å²) >= 11 is 9.17. The molecule has 0 amide bonds. The number of nitrogens with one attached hydrogen (secondary N) is 1. The summed E-state index contributed by atoms with van der Waals surface area (Å²) in [6, 6.07) is 7.75. The third-order valence-corrected chi connectivity index (χ3v) is 6.58. The van der Waals surface area contributed by atoms with E-state index in [4.69, 9.17) is 11.6 Å². The minimum Gasteiger partial charge on any atom is -0.301 e. The predicted octanol–water partition coefficient (Wildman–Crippen LogP) is 5.83. The van der Waals surface area contributed by atoms with Crippen molar-refractivity contribution in [2.75, 3.05) is 0 Å². The maximum atomic E-state index is 12.6. The lowest BCUT2D eigenvalue weighted by Gasteiger charge is -2.08. The molecule has 0 radical (unpaired) electrons. The highest BCUT2D eigenvalue weighted by Crippen LogP contribution is 2.31. The molecule has 3 rings (SSSR count). The van der Waals surface area contributed by atoms with Crippen molar-refractivity contribution in [3.8, 4) is 0 Å². The molecule has 25 heavy (non-hydrogen) atoms. The molecule has 0 spiro atoms. The average molecular weight is 393 g/mol. The minimum atomic E-state index is -0.0266. The number of rotatable bonds is 6. The lowest BCUT2D eigenvalue weighted by atomic mass is 9.98. The van der Waals surface area contributed by atoms with Gasteiger partial charge < -0.3 is 4.98 Å². The van der Waals surface area contributed by atoms with Gasteiger partial charge in [0, 0.05) is 15.7 Å². The van der Waals surface area contributed by atoms with Gasteiger partial charge in [-0.1, -0.05) is 55.8 Å². The lowest BCUT2D eigenvalue weighted by Crippen LogP contribution is -2.11. The number of hydrogen-bond donors (Lipinski definition) is 1. The van der Waals surface area contributed by atoms with Crippen LogP contribution in [0.15, 0.2) is 34.2 Å². The smallest absolute Gasteiger partial charge is 0.260 e. The quantitative estimate of drug-likeness (QED) is 0.424. The van der Waals surface area contributed by atoms with E-state index in [0.29, 0.717) is 11.1 Å². The van der Waals surface area contributed by atoms with Crippen LogP contribution < -0.4 is 5.56 Å². The van der Waals surface area contributed by atoms with Crippen molar-refractivity contribution in [2.24, 2.45) is 5.92 Å². The molecule has 0 unspecified atom stereocenters. The van der Waals surface area contributed by atoms with Crippen LogP contribution in [-0.2, 0) is 12.2 Å². The molecule has 0 fully saturated rings. The standard InChI is InChI=1S/C19H21ClN2OS2/c1-4-11(2)8-15-12(3)25-18-16(15)17(23)21-19(22-18)24-10-13-6-5-7-14(20)9-13/h5-7,9,11H,4,8,10H2,1-3H3,(H,21,22,23)/t11-/m0/s1. The highest BCUT2D eigenvalue weighted by molar-refractivity contribution is 7.98. The summed E-state index contributed by atoms with van der Waals surface area (Å²) in [6.45, 7) is 6.49. The topological polar surface area (TPSA) is 45.8 Å². The van der Waals surface area contributed by atoms with Crippen molar-refractivity contribution in [2.45, 2.75) is 44.5 Å². The second-order valence-electron chi connectivity index (χ2n) is 6.32. The van der Waals surface area contributed by atoms with Crippen molar-refractivity contribution < 1.29 is 0 Å². The van der Waals surface area contributed by atoms with E-state index < -0.39 is 0 Å². The molecule has 0 aliphatic carbocycles. The number of aryl methyl sites for hydroxylation is 1. The van der Waals surface area contributed by atoms with Gasteiger partial charge >= 0.3 is 0 Å². The first kappa shape index (κ1) is 18.5. The Bertz CT molecular complexity index is 948. The fraction of sp³-hybridized carbons (Fsp3) is 0.368. The van der Waals surface area contributed by atoms with Crippen molar-refractivity contribution >= 4 is 44.9 Å². The summed E-state index contributed by atoms with van der Waals surface area (Å²) < 4.78 is 0. The van der Waals surface area contributed by atoms with Crippen molar-refractivity contribution in [3.63, 3.8) is 0 Å². The Morgan fingerprint density at radius 3 is 2.92 bits per heavy atom. The van der Waals surface area contributed by atoms with Crippen LogP contribution in [0.25, 0.3) is 10.2 Å². The zero-order valence-electron chi connectivity index (χ0n) is 14.6. The lowest BCUT2D eigenvalue weighted by molar-refractivity contribution is 0.561. The Kier molecular flexibility index (Phi) is 5.87. The second kappa shape index (κ2) is 7.94. The van der Waals surface area contributed by atoms with Gasteiger partial charge in [-0.3, -0.25) is 4.79 Å². The number of nitrogens with zero attached hydrogens (tertiary/aromatic N) is 1. The number of aromatic nitrogens is 2. The molecule has 0 aliphatic heterocycles. The molecule has 2 heterocycles. The number of halogens is 1. The molecule has 3 nitrogen and oxygen atoms in total. The normalized spacial score (nSPS) is 12.6. The molecule has 0 aliphatic rings. The fourth-order valence-electron chi connectivity index (χ4n) is 2.74. The monoisotopic (exact) mass is 392 g/mol. The molecule has 6 heteroatoms. The Balaban J connectivity index is 1.88. The zero-order valence-corrected chi connectivity index (χ0v) is 16.9. The molecule has 1 atom stereocenters. The Morgan fingerprint density at radius 2 is 2.20 bits per heavy atom. The number of H-pyrrole nitrogens is 1. The molecule has 1 N–H and O–H groups in total. The van der Waals surface area contributed by atoms with Crippen molar-refractivity contribution in [1.82, 2.24) is 9.97 Å². The van der Waals surface area contributed by atoms with E-state index in [-0.39, 0.29) is 5.56 Å². The third-order valence-electron chi connectivity index (χ3n) is 4.36. The third kappa shape index (κ3) is 4.27. The van der Waals surface area contributed by atoms with Gasteiger partial charge in [0.2, 0.25) is 0 Å². The Hall–Kier alpha value is -1.30. The second-order valence-corrected chi connectivity index (χ2v) is 8.93. The number of fused-ring (bicyclic) bond motifs is 1. The maximum Gasteiger partial charge on any atom is 0.260 e. The van der Waals surface area contributed by atoms with Crippen LogP contribution in [0.3, 0.4) is 0 Å². The molecule has 0 bridgehead atoms. The Morgan fingerprint density at radius 1 is 1.40 bits per heavy atom. The molecule has 3 aromatic rings. The SMILES string of the molecule is CC[C@H](C)Cc1c(C)sc2nc(SCc3cccc(Cl)c3)[nH]c(=O)c12. The maximum absolute atomic E-state index is 12.6. The van der Waals surface area contributed by atoms with E-state index in [1.54, 1.807) is 11.3 Å². The van der Waals surface area contributed by atoms with E-state index in [1.807, 2.05) is 24.3 Å². The van der Waals surface area contributed by atoms with E-state index in [1.165, 1.54) is 16.6 Å². The summed E-state index contributed by atoms with van der Waals surface area (Å²) in [5.74, 6) is 1.28. The number of thiophene rings is 1. The van der Waals surface area contributed by atoms with Gasteiger partial charge in [0.15, 0.2) is 5.16 Å². The van der Waals surface area contributed by atoms with Gasteiger partial charge in [-0.25, -0.2) is 4.98 Å². The van der Waals surface area contributed by atoms with Gasteiger partial charge in [-0.05, 0) is 42.5 Å². The van der Waals surface area contributed by atoms with Crippen molar-refractivity contribution in [1.29, 1.82) is 0 Å². The summed E-state index contributed by atoms with van der Waals surface area (Å²) in [5.41, 5.74) is 2.25. The van der Waals surface area contributed by atoms with Crippen LogP contribution in [0.2, 0.25) is 5.02 Å². The first-order valence-corrected chi connectivity index (χ1v) is 10.6. The van der Waals surface area contributed by atoms with Crippen LogP contribution >= 0.6 is 34.7 Å². The highest BCUT2D eigenvalue weighted by Gasteiger charge is 2.16. The molecule has 0 saturated heterocycles. The summed E-state index contributed by atoms with van der Waals surface area (Å²) in [4.78, 5) is 22.3. The fourth-order valence-corrected chi connectivity index (χ4v) is 4.87. The van der Waals surface area contributed by atoms with Gasteiger partial charge in [0.05, 0.1) is 5.39 Å². The number of hydrogen-bond acceptors (Lipinski definition) is 4. The predicted molar refractivity (Wildman–Crippen MR) is 109 cm³/mol. The van der Waals surface area contributed by atoms with Crippen LogP contribution in [0.1, 0.15) is 36.3 Å². The summed E-state index contributed by atoms with van der Waals surface area (Å²) in [6.07, 6.45) is 2.04. The number of thioether (sulfide) groups is 1. The van der Waals surface area contributed by atoms with E-state index in [2.05, 4.69) is 30.7 Å². The van der Waals surface area contributed by atoms with E-state index in [0.717, 1.165) is 45.0 Å². The molecular weight excluding hydrogens is 372 g/mol. The molecule has 2 aromatic heterocycles. The first-order valence-electron chi connectivity index (χ1n) is 8.37. The first-order chi connectivity index (χ1) is 12.0. The molecule has 132 valence electrons. The molecular formula is C19H21ClN2OS2. The number of benzene rings is 1. The van der Waals surface area contributed by atoms with Crippen LogP contribution in [0.5, 0.6) is 0 Å². The largest absolute Gasteiger partial charge is 0.301 e. The van der Waals surface area contributed by atoms with Crippen LogP contribution in [-0.4, -0.2) is 9.97 Å². The van der Waals surface area contributed by atoms with Gasteiger partial charge in [0.25, 0.3) is 5.56 Å². The van der Waals surface area contributed by atoms with Gasteiger partial charge in [0.1, 0.15) is 4.83 Å². The van der Waals surface area contributed by atoms with Crippen molar-refractivity contribution in [3.05, 3.63) is 55.6 Å². The molecule has 0 saturated carbocycles. The highest BCUT2D eigenvalue weighted by atomic mass is 35.5. The van der Waals surface area contributed by atoms with E-state index >= 15 is 0 Å². The zero-order chi connectivity index (χ0) is 18.0.